The lowest BCUT2D eigenvalue weighted by atomic mass is 9.95. The van der Waals surface area contributed by atoms with Gasteiger partial charge in [0, 0.05) is 13.1 Å². The summed E-state index contributed by atoms with van der Waals surface area (Å²) in [5.74, 6) is -0.228. The third kappa shape index (κ3) is 2.80. The van der Waals surface area contributed by atoms with E-state index in [1.807, 2.05) is 38.1 Å². The van der Waals surface area contributed by atoms with E-state index in [9.17, 15) is 9.59 Å². The second-order valence-electron chi connectivity index (χ2n) is 7.06. The molecule has 0 aromatic heterocycles. The summed E-state index contributed by atoms with van der Waals surface area (Å²) in [5.41, 5.74) is 0.496. The predicted molar refractivity (Wildman–Crippen MR) is 93.1 cm³/mol. The van der Waals surface area contributed by atoms with Crippen molar-refractivity contribution in [2.75, 3.05) is 29.9 Å². The highest BCUT2D eigenvalue weighted by Crippen LogP contribution is 2.37. The van der Waals surface area contributed by atoms with Gasteiger partial charge in [0.25, 0.3) is 0 Å². The molecule has 3 rings (SSSR count). The fourth-order valence-electron chi connectivity index (χ4n) is 3.39. The molecule has 0 aliphatic carbocycles. The Hall–Kier alpha value is -1.92. The van der Waals surface area contributed by atoms with Gasteiger partial charge in [-0.1, -0.05) is 12.1 Å². The van der Waals surface area contributed by atoms with Crippen molar-refractivity contribution in [2.45, 2.75) is 45.4 Å². The van der Waals surface area contributed by atoms with Gasteiger partial charge < -0.3 is 10.1 Å². The van der Waals surface area contributed by atoms with Crippen molar-refractivity contribution in [3.8, 4) is 0 Å². The Morgan fingerprint density at radius 3 is 2.79 bits per heavy atom. The number of morpholine rings is 1. The zero-order valence-electron chi connectivity index (χ0n) is 14.7. The molecule has 2 aliphatic heterocycles. The van der Waals surface area contributed by atoms with Crippen LogP contribution in [0.3, 0.4) is 0 Å². The van der Waals surface area contributed by atoms with Crippen LogP contribution in [-0.2, 0) is 14.3 Å². The SMILES string of the molecule is C[C@@H]1CN([C@H](C)C(=O)N2c3ccccc3NC(=O)C2(C)C)CCO1. The third-order valence-electron chi connectivity index (χ3n) is 4.91. The van der Waals surface area contributed by atoms with Crippen molar-refractivity contribution in [3.63, 3.8) is 0 Å². The molecule has 130 valence electrons. The molecule has 0 saturated carbocycles. The maximum Gasteiger partial charge on any atom is 0.250 e. The maximum absolute atomic E-state index is 13.3. The number of nitrogens with zero attached hydrogens (tertiary/aromatic N) is 2. The summed E-state index contributed by atoms with van der Waals surface area (Å²) < 4.78 is 5.57. The molecule has 24 heavy (non-hydrogen) atoms. The average Bonchev–Trinajstić information content (AvgIpc) is 2.54. The molecule has 6 nitrogen and oxygen atoms in total. The van der Waals surface area contributed by atoms with Gasteiger partial charge in [0.2, 0.25) is 11.8 Å². The van der Waals surface area contributed by atoms with E-state index < -0.39 is 5.54 Å². The van der Waals surface area contributed by atoms with Gasteiger partial charge in [-0.15, -0.1) is 0 Å². The van der Waals surface area contributed by atoms with Crippen LogP contribution in [0.15, 0.2) is 24.3 Å². The first kappa shape index (κ1) is 16.9. The van der Waals surface area contributed by atoms with Crippen LogP contribution in [0.1, 0.15) is 27.7 Å². The molecule has 1 saturated heterocycles. The summed E-state index contributed by atoms with van der Waals surface area (Å²) >= 11 is 0. The summed E-state index contributed by atoms with van der Waals surface area (Å²) in [5, 5.41) is 2.89. The Morgan fingerprint density at radius 1 is 1.38 bits per heavy atom. The largest absolute Gasteiger partial charge is 0.376 e. The Bertz CT molecular complexity index is 659. The van der Waals surface area contributed by atoms with Gasteiger partial charge in [0.15, 0.2) is 0 Å². The van der Waals surface area contributed by atoms with Crippen LogP contribution in [0.2, 0.25) is 0 Å². The fraction of sp³-hybridized carbons (Fsp3) is 0.556. The van der Waals surface area contributed by atoms with E-state index in [-0.39, 0.29) is 24.0 Å². The molecule has 2 amide bonds. The van der Waals surface area contributed by atoms with Gasteiger partial charge in [-0.25, -0.2) is 0 Å². The standard InChI is InChI=1S/C18H25N3O3/c1-12-11-20(9-10-24-12)13(2)16(22)21-15-8-6-5-7-14(15)19-17(23)18(21,3)4/h5-8,12-13H,9-11H2,1-4H3,(H,19,23)/t12-,13-/m1/s1. The molecule has 6 heteroatoms. The molecule has 0 unspecified atom stereocenters. The number of benzene rings is 1. The van der Waals surface area contributed by atoms with Crippen LogP contribution in [0, 0.1) is 0 Å². The van der Waals surface area contributed by atoms with Crippen molar-refractivity contribution < 1.29 is 14.3 Å². The van der Waals surface area contributed by atoms with Gasteiger partial charge in [-0.05, 0) is 39.8 Å². The Morgan fingerprint density at radius 2 is 2.08 bits per heavy atom. The van der Waals surface area contributed by atoms with E-state index in [1.165, 1.54) is 0 Å². The van der Waals surface area contributed by atoms with E-state index >= 15 is 0 Å². The van der Waals surface area contributed by atoms with Crippen LogP contribution in [0.5, 0.6) is 0 Å². The quantitative estimate of drug-likeness (QED) is 0.898. The molecular formula is C18H25N3O3. The number of rotatable bonds is 2. The molecule has 1 aromatic carbocycles. The molecule has 0 radical (unpaired) electrons. The normalized spacial score (nSPS) is 24.9. The Kier molecular flexibility index (Phi) is 4.36. The minimum absolute atomic E-state index is 0.0589. The van der Waals surface area contributed by atoms with Crippen LogP contribution < -0.4 is 10.2 Å². The number of ether oxygens (including phenoxy) is 1. The first-order chi connectivity index (χ1) is 11.3. The van der Waals surface area contributed by atoms with E-state index in [1.54, 1.807) is 18.7 Å². The van der Waals surface area contributed by atoms with Crippen LogP contribution in [0.4, 0.5) is 11.4 Å². The summed E-state index contributed by atoms with van der Waals surface area (Å²) in [6, 6.07) is 7.13. The average molecular weight is 331 g/mol. The van der Waals surface area contributed by atoms with Crippen molar-refractivity contribution >= 4 is 23.2 Å². The molecule has 2 heterocycles. The van der Waals surface area contributed by atoms with Crippen LogP contribution in [-0.4, -0.2) is 54.1 Å². The number of hydrogen-bond donors (Lipinski definition) is 1. The van der Waals surface area contributed by atoms with E-state index in [0.717, 1.165) is 18.8 Å². The number of para-hydroxylation sites is 2. The Balaban J connectivity index is 1.93. The number of carbonyl (C=O) groups is 2. The van der Waals surface area contributed by atoms with Gasteiger partial charge >= 0.3 is 0 Å². The van der Waals surface area contributed by atoms with E-state index in [2.05, 4.69) is 10.2 Å². The van der Waals surface area contributed by atoms with Crippen molar-refractivity contribution in [1.82, 2.24) is 4.90 Å². The number of carbonyl (C=O) groups excluding carboxylic acids is 2. The van der Waals surface area contributed by atoms with Gasteiger partial charge in [0.05, 0.1) is 30.1 Å². The van der Waals surface area contributed by atoms with Gasteiger partial charge in [-0.3, -0.25) is 19.4 Å². The van der Waals surface area contributed by atoms with Crippen molar-refractivity contribution in [2.24, 2.45) is 0 Å². The molecule has 0 bridgehead atoms. The molecular weight excluding hydrogens is 306 g/mol. The Labute approximate surface area is 142 Å². The molecule has 2 atom stereocenters. The molecule has 1 fully saturated rings. The first-order valence-electron chi connectivity index (χ1n) is 8.42. The maximum atomic E-state index is 13.3. The number of nitrogens with one attached hydrogen (secondary N) is 1. The number of hydrogen-bond acceptors (Lipinski definition) is 4. The van der Waals surface area contributed by atoms with E-state index in [0.29, 0.717) is 12.3 Å². The van der Waals surface area contributed by atoms with Crippen molar-refractivity contribution in [3.05, 3.63) is 24.3 Å². The highest BCUT2D eigenvalue weighted by Gasteiger charge is 2.45. The highest BCUT2D eigenvalue weighted by molar-refractivity contribution is 6.15. The third-order valence-corrected chi connectivity index (χ3v) is 4.91. The second-order valence-corrected chi connectivity index (χ2v) is 7.06. The zero-order chi connectivity index (χ0) is 17.5. The number of anilines is 2. The minimum Gasteiger partial charge on any atom is -0.376 e. The molecule has 1 N–H and O–H groups in total. The first-order valence-corrected chi connectivity index (χ1v) is 8.42. The highest BCUT2D eigenvalue weighted by atomic mass is 16.5. The number of fused-ring (bicyclic) bond motifs is 1. The fourth-order valence-corrected chi connectivity index (χ4v) is 3.39. The lowest BCUT2D eigenvalue weighted by Crippen LogP contribution is -2.63. The lowest BCUT2D eigenvalue weighted by Gasteiger charge is -2.45. The lowest BCUT2D eigenvalue weighted by molar-refractivity contribution is -0.131. The van der Waals surface area contributed by atoms with Crippen LogP contribution in [0.25, 0.3) is 0 Å². The summed E-state index contributed by atoms with van der Waals surface area (Å²) in [6.45, 7) is 9.55. The minimum atomic E-state index is -0.933. The predicted octanol–water partition coefficient (Wildman–Crippen LogP) is 1.86. The second kappa shape index (κ2) is 6.18. The van der Waals surface area contributed by atoms with Crippen LogP contribution >= 0.6 is 0 Å². The summed E-state index contributed by atoms with van der Waals surface area (Å²) in [4.78, 5) is 29.6. The molecule has 0 spiro atoms. The zero-order valence-corrected chi connectivity index (χ0v) is 14.7. The number of amides is 2. The van der Waals surface area contributed by atoms with Gasteiger partial charge in [0.1, 0.15) is 5.54 Å². The van der Waals surface area contributed by atoms with Crippen molar-refractivity contribution in [1.29, 1.82) is 0 Å². The smallest absolute Gasteiger partial charge is 0.250 e. The van der Waals surface area contributed by atoms with Gasteiger partial charge in [-0.2, -0.15) is 0 Å². The monoisotopic (exact) mass is 331 g/mol. The summed E-state index contributed by atoms with van der Waals surface area (Å²) in [6.07, 6.45) is 0.110. The van der Waals surface area contributed by atoms with E-state index in [4.69, 9.17) is 4.74 Å². The summed E-state index contributed by atoms with van der Waals surface area (Å²) in [7, 11) is 0. The topological polar surface area (TPSA) is 61.9 Å². The molecule has 2 aliphatic rings. The molecule has 1 aromatic rings.